The van der Waals surface area contributed by atoms with Gasteiger partial charge in [-0.1, -0.05) is 13.8 Å². The lowest BCUT2D eigenvalue weighted by atomic mass is 10.2. The molecule has 3 nitrogen and oxygen atoms in total. The lowest BCUT2D eigenvalue weighted by Gasteiger charge is -2.20. The number of carboxylic acids is 1. The van der Waals surface area contributed by atoms with Gasteiger partial charge in [0.1, 0.15) is 10.6 Å². The van der Waals surface area contributed by atoms with Crippen molar-refractivity contribution in [2.75, 3.05) is 5.75 Å². The summed E-state index contributed by atoms with van der Waals surface area (Å²) in [5, 5.41) is 8.69. The van der Waals surface area contributed by atoms with Gasteiger partial charge in [0.05, 0.1) is 0 Å². The second-order valence-electron chi connectivity index (χ2n) is 2.81. The van der Waals surface area contributed by atoms with E-state index in [9.17, 15) is 4.79 Å². The minimum absolute atomic E-state index is 0.145. The Morgan fingerprint density at radius 3 is 2.50 bits per heavy atom. The number of aliphatic imine (C=N–C) groups is 1. The summed E-state index contributed by atoms with van der Waals surface area (Å²) in [7, 11) is 0. The Kier molecular flexibility index (Phi) is 2.77. The molecule has 1 N–H and O–H groups in total. The van der Waals surface area contributed by atoms with Gasteiger partial charge in [0.15, 0.2) is 0 Å². The third-order valence-electron chi connectivity index (χ3n) is 2.17. The normalized spacial score (nSPS) is 20.7. The largest absolute Gasteiger partial charge is 0.477 e. The van der Waals surface area contributed by atoms with Gasteiger partial charge in [-0.15, -0.1) is 11.8 Å². The number of nitrogens with zero attached hydrogens (tertiary/aromatic N) is 1. The van der Waals surface area contributed by atoms with Crippen LogP contribution in [0.25, 0.3) is 0 Å². The average Bonchev–Trinajstić information content (AvgIpc) is 2.49. The Balaban J connectivity index is 2.80. The highest BCUT2D eigenvalue weighted by molar-refractivity contribution is 8.01. The fourth-order valence-corrected chi connectivity index (χ4v) is 2.41. The van der Waals surface area contributed by atoms with Crippen LogP contribution in [0.1, 0.15) is 26.7 Å². The highest BCUT2D eigenvalue weighted by Gasteiger charge is 2.34. The summed E-state index contributed by atoms with van der Waals surface area (Å²) in [5.41, 5.74) is 0.323. The molecule has 1 aliphatic rings. The first kappa shape index (κ1) is 9.58. The van der Waals surface area contributed by atoms with Crippen molar-refractivity contribution in [2.45, 2.75) is 31.6 Å². The van der Waals surface area contributed by atoms with E-state index in [1.54, 1.807) is 11.8 Å². The molecule has 1 heterocycles. The summed E-state index contributed by atoms with van der Waals surface area (Å²) in [4.78, 5) is 14.7. The van der Waals surface area contributed by atoms with Crippen LogP contribution in [-0.4, -0.2) is 27.4 Å². The molecule has 68 valence electrons. The predicted molar refractivity (Wildman–Crippen MR) is 50.8 cm³/mol. The molecule has 0 amide bonds. The molecule has 1 aliphatic heterocycles. The maximum atomic E-state index is 10.6. The van der Waals surface area contributed by atoms with Gasteiger partial charge in [0.25, 0.3) is 0 Å². The van der Waals surface area contributed by atoms with Crippen LogP contribution in [0, 0.1) is 0 Å². The van der Waals surface area contributed by atoms with Crippen LogP contribution in [0.3, 0.4) is 0 Å². The van der Waals surface area contributed by atoms with Crippen molar-refractivity contribution in [1.82, 2.24) is 0 Å². The van der Waals surface area contributed by atoms with E-state index in [-0.39, 0.29) is 4.87 Å². The van der Waals surface area contributed by atoms with Crippen molar-refractivity contribution >= 4 is 23.4 Å². The summed E-state index contributed by atoms with van der Waals surface area (Å²) in [6.07, 6.45) is 1.82. The van der Waals surface area contributed by atoms with Gasteiger partial charge in [0.2, 0.25) is 0 Å². The quantitative estimate of drug-likeness (QED) is 0.732. The number of hydrogen-bond donors (Lipinski definition) is 1. The average molecular weight is 187 g/mol. The molecule has 0 aliphatic carbocycles. The van der Waals surface area contributed by atoms with Crippen molar-refractivity contribution < 1.29 is 9.90 Å². The molecular formula is C8H13NO2S. The van der Waals surface area contributed by atoms with Crippen LogP contribution in [0.4, 0.5) is 0 Å². The van der Waals surface area contributed by atoms with E-state index in [1.165, 1.54) is 0 Å². The van der Waals surface area contributed by atoms with Crippen LogP contribution < -0.4 is 0 Å². The fourth-order valence-electron chi connectivity index (χ4n) is 1.24. The molecule has 1 rings (SSSR count). The third-order valence-corrected chi connectivity index (χ3v) is 3.79. The van der Waals surface area contributed by atoms with Crippen LogP contribution in [0.2, 0.25) is 0 Å². The summed E-state index contributed by atoms with van der Waals surface area (Å²) in [6, 6.07) is 0. The number of thioether (sulfide) groups is 1. The van der Waals surface area contributed by atoms with Gasteiger partial charge in [-0.2, -0.15) is 0 Å². The minimum Gasteiger partial charge on any atom is -0.477 e. The number of carbonyl (C=O) groups is 1. The molecule has 0 unspecified atom stereocenters. The molecule has 4 heteroatoms. The Bertz CT molecular complexity index is 221. The molecule has 0 spiro atoms. The molecule has 12 heavy (non-hydrogen) atoms. The molecule has 0 fully saturated rings. The zero-order valence-corrected chi connectivity index (χ0v) is 8.15. The van der Waals surface area contributed by atoms with Gasteiger partial charge >= 0.3 is 5.97 Å². The lowest BCUT2D eigenvalue weighted by molar-refractivity contribution is -0.129. The molecule has 0 aromatic carbocycles. The van der Waals surface area contributed by atoms with Gasteiger partial charge in [0, 0.05) is 5.75 Å². The van der Waals surface area contributed by atoms with Crippen LogP contribution in [-0.2, 0) is 4.79 Å². The zero-order chi connectivity index (χ0) is 9.19. The first-order chi connectivity index (χ1) is 5.63. The first-order valence-corrected chi connectivity index (χ1v) is 5.08. The fraction of sp³-hybridized carbons (Fsp3) is 0.750. The van der Waals surface area contributed by atoms with E-state index >= 15 is 0 Å². The van der Waals surface area contributed by atoms with E-state index in [2.05, 4.69) is 4.99 Å². The Labute approximate surface area is 76.3 Å². The van der Waals surface area contributed by atoms with Gasteiger partial charge < -0.3 is 5.11 Å². The van der Waals surface area contributed by atoms with Gasteiger partial charge in [-0.25, -0.2) is 4.79 Å². The summed E-state index contributed by atoms with van der Waals surface area (Å²) in [5.74, 6) is -0.317. The number of aliphatic carboxylic acids is 1. The van der Waals surface area contributed by atoms with E-state index < -0.39 is 5.97 Å². The van der Waals surface area contributed by atoms with E-state index in [0.717, 1.165) is 12.8 Å². The highest BCUT2D eigenvalue weighted by Crippen LogP contribution is 2.38. The Morgan fingerprint density at radius 1 is 1.67 bits per heavy atom. The zero-order valence-electron chi connectivity index (χ0n) is 7.33. The van der Waals surface area contributed by atoms with E-state index in [0.29, 0.717) is 11.5 Å². The maximum Gasteiger partial charge on any atom is 0.350 e. The molecule has 0 saturated heterocycles. The van der Waals surface area contributed by atoms with E-state index in [4.69, 9.17) is 5.11 Å². The first-order valence-electron chi connectivity index (χ1n) is 4.09. The van der Waals surface area contributed by atoms with Crippen molar-refractivity contribution in [3.05, 3.63) is 0 Å². The van der Waals surface area contributed by atoms with Gasteiger partial charge in [-0.3, -0.25) is 4.99 Å². The second kappa shape index (κ2) is 3.47. The highest BCUT2D eigenvalue weighted by atomic mass is 32.2. The molecular weight excluding hydrogens is 174 g/mol. The molecule has 0 aromatic rings. The minimum atomic E-state index is -0.869. The Morgan fingerprint density at radius 2 is 2.25 bits per heavy atom. The lowest BCUT2D eigenvalue weighted by Crippen LogP contribution is -2.17. The summed E-state index contributed by atoms with van der Waals surface area (Å²) >= 11 is 1.64. The molecule has 0 saturated carbocycles. The third kappa shape index (κ3) is 1.63. The van der Waals surface area contributed by atoms with Crippen molar-refractivity contribution in [3.8, 4) is 0 Å². The summed E-state index contributed by atoms with van der Waals surface area (Å²) in [6.45, 7) is 4.09. The Hall–Kier alpha value is -0.510. The second-order valence-corrected chi connectivity index (χ2v) is 4.14. The molecule has 0 bridgehead atoms. The molecule has 0 radical (unpaired) electrons. The SMILES string of the molecule is CCC1(CC)N=C(C(=O)O)CS1. The topological polar surface area (TPSA) is 49.7 Å². The van der Waals surface area contributed by atoms with Crippen LogP contribution >= 0.6 is 11.8 Å². The summed E-state index contributed by atoms with van der Waals surface area (Å²) < 4.78 is 0. The van der Waals surface area contributed by atoms with E-state index in [1.807, 2.05) is 13.8 Å². The number of hydrogen-bond acceptors (Lipinski definition) is 3. The smallest absolute Gasteiger partial charge is 0.350 e. The van der Waals surface area contributed by atoms with Crippen molar-refractivity contribution in [3.63, 3.8) is 0 Å². The predicted octanol–water partition coefficient (Wildman–Crippen LogP) is 1.78. The molecule has 0 aromatic heterocycles. The number of carboxylic acid groups (broad SMARTS) is 1. The molecule has 0 atom stereocenters. The van der Waals surface area contributed by atoms with Crippen molar-refractivity contribution in [1.29, 1.82) is 0 Å². The standard InChI is InChI=1S/C8H13NO2S/c1-3-8(4-2)9-6(5-12-8)7(10)11/h3-5H2,1-2H3,(H,10,11). The van der Waals surface area contributed by atoms with Gasteiger partial charge in [-0.05, 0) is 12.8 Å². The van der Waals surface area contributed by atoms with Crippen LogP contribution in [0.15, 0.2) is 4.99 Å². The van der Waals surface area contributed by atoms with Crippen molar-refractivity contribution in [2.24, 2.45) is 4.99 Å². The van der Waals surface area contributed by atoms with Crippen LogP contribution in [0.5, 0.6) is 0 Å². The maximum absolute atomic E-state index is 10.6. The number of rotatable bonds is 3. The monoisotopic (exact) mass is 187 g/mol.